The van der Waals surface area contributed by atoms with Crippen LogP contribution in [-0.2, 0) is 11.3 Å². The number of nitrogens with zero attached hydrogens (tertiary/aromatic N) is 2. The van der Waals surface area contributed by atoms with E-state index in [9.17, 15) is 9.59 Å². The lowest BCUT2D eigenvalue weighted by Crippen LogP contribution is -2.39. The molecular formula is C18H23N5O2. The Bertz CT molecular complexity index is 720. The predicted octanol–water partition coefficient (Wildman–Crippen LogP) is 2.22. The largest absolute Gasteiger partial charge is 0.368 e. The average Bonchev–Trinajstić information content (AvgIpc) is 3.02. The van der Waals surface area contributed by atoms with Crippen molar-refractivity contribution in [3.8, 4) is 0 Å². The van der Waals surface area contributed by atoms with Gasteiger partial charge in [-0.25, -0.2) is 4.79 Å². The molecular weight excluding hydrogens is 318 g/mol. The second-order valence-electron chi connectivity index (χ2n) is 6.45. The summed E-state index contributed by atoms with van der Waals surface area (Å²) >= 11 is 0. The Balaban J connectivity index is 1.45. The summed E-state index contributed by atoms with van der Waals surface area (Å²) in [5.74, 6) is 0.101. The second kappa shape index (κ2) is 7.83. The molecule has 0 radical (unpaired) electrons. The number of primary amides is 1. The van der Waals surface area contributed by atoms with E-state index < -0.39 is 5.91 Å². The smallest absolute Gasteiger partial charge is 0.319 e. The summed E-state index contributed by atoms with van der Waals surface area (Å²) in [6, 6.07) is 10.5. The number of benzene rings is 1. The minimum Gasteiger partial charge on any atom is -0.368 e. The van der Waals surface area contributed by atoms with E-state index in [0.717, 1.165) is 25.7 Å². The molecule has 3 rings (SSSR count). The minimum atomic E-state index is -0.478. The Labute approximate surface area is 146 Å². The molecule has 25 heavy (non-hydrogen) atoms. The predicted molar refractivity (Wildman–Crippen MR) is 95.0 cm³/mol. The van der Waals surface area contributed by atoms with Gasteiger partial charge < -0.3 is 16.4 Å². The topological polar surface area (TPSA) is 102 Å². The van der Waals surface area contributed by atoms with Gasteiger partial charge in [-0.05, 0) is 37.2 Å². The van der Waals surface area contributed by atoms with E-state index in [1.165, 1.54) is 16.4 Å². The van der Waals surface area contributed by atoms with Crippen molar-refractivity contribution < 1.29 is 9.59 Å². The van der Waals surface area contributed by atoms with Gasteiger partial charge in [-0.15, -0.1) is 0 Å². The Morgan fingerprint density at radius 2 is 1.88 bits per heavy atom. The van der Waals surface area contributed by atoms with Crippen molar-refractivity contribution >= 4 is 17.6 Å². The first-order chi connectivity index (χ1) is 12.1. The zero-order valence-electron chi connectivity index (χ0n) is 14.0. The first-order valence-electron chi connectivity index (χ1n) is 8.53. The summed E-state index contributed by atoms with van der Waals surface area (Å²) < 4.78 is 1.39. The van der Waals surface area contributed by atoms with E-state index in [1.807, 2.05) is 6.07 Å². The van der Waals surface area contributed by atoms with Gasteiger partial charge in [-0.2, -0.15) is 5.10 Å². The van der Waals surface area contributed by atoms with Crippen LogP contribution in [0.15, 0.2) is 42.7 Å². The van der Waals surface area contributed by atoms with Crippen LogP contribution in [0, 0.1) is 0 Å². The fourth-order valence-corrected chi connectivity index (χ4v) is 3.32. The molecule has 7 nitrogen and oxygen atoms in total. The summed E-state index contributed by atoms with van der Waals surface area (Å²) in [5, 5.41) is 9.72. The maximum atomic E-state index is 12.1. The highest BCUT2D eigenvalue weighted by atomic mass is 16.2. The molecule has 1 heterocycles. The molecule has 7 heteroatoms. The van der Waals surface area contributed by atoms with E-state index in [0.29, 0.717) is 11.6 Å². The van der Waals surface area contributed by atoms with Crippen LogP contribution in [0.4, 0.5) is 10.5 Å². The summed E-state index contributed by atoms with van der Waals surface area (Å²) in [6.45, 7) is -0.00714. The van der Waals surface area contributed by atoms with Gasteiger partial charge in [0, 0.05) is 12.2 Å². The number of nitrogens with two attached hydrogens (primary N) is 1. The van der Waals surface area contributed by atoms with E-state index in [-0.39, 0.29) is 18.6 Å². The summed E-state index contributed by atoms with van der Waals surface area (Å²) in [5.41, 5.74) is 7.03. The summed E-state index contributed by atoms with van der Waals surface area (Å²) in [4.78, 5) is 23.0. The van der Waals surface area contributed by atoms with E-state index in [2.05, 4.69) is 40.0 Å². The third-order valence-corrected chi connectivity index (χ3v) is 4.54. The molecule has 1 aliphatic rings. The van der Waals surface area contributed by atoms with Gasteiger partial charge in [0.1, 0.15) is 6.54 Å². The van der Waals surface area contributed by atoms with E-state index in [4.69, 9.17) is 5.73 Å². The zero-order chi connectivity index (χ0) is 17.6. The number of hydrogen-bond acceptors (Lipinski definition) is 3. The molecule has 4 N–H and O–H groups in total. The van der Waals surface area contributed by atoms with Gasteiger partial charge in [0.2, 0.25) is 5.91 Å². The normalized spacial score (nSPS) is 20.0. The molecule has 0 bridgehead atoms. The highest BCUT2D eigenvalue weighted by molar-refractivity contribution is 5.89. The number of amides is 3. The summed E-state index contributed by atoms with van der Waals surface area (Å²) in [6.07, 6.45) is 7.16. The molecule has 0 atom stereocenters. The van der Waals surface area contributed by atoms with Gasteiger partial charge >= 0.3 is 6.03 Å². The minimum absolute atomic E-state index is 0.00714. The Kier molecular flexibility index (Phi) is 5.33. The maximum Gasteiger partial charge on any atom is 0.319 e. The number of hydrogen-bond donors (Lipinski definition) is 3. The summed E-state index contributed by atoms with van der Waals surface area (Å²) in [7, 11) is 0. The van der Waals surface area contributed by atoms with Crippen molar-refractivity contribution in [3.63, 3.8) is 0 Å². The average molecular weight is 341 g/mol. The molecule has 132 valence electrons. The lowest BCUT2D eigenvalue weighted by atomic mass is 9.82. The van der Waals surface area contributed by atoms with Gasteiger partial charge in [0.25, 0.3) is 0 Å². The number of rotatable bonds is 5. The fourth-order valence-electron chi connectivity index (χ4n) is 3.32. The Morgan fingerprint density at radius 3 is 2.56 bits per heavy atom. The lowest BCUT2D eigenvalue weighted by Gasteiger charge is -2.29. The zero-order valence-corrected chi connectivity index (χ0v) is 14.0. The molecule has 1 fully saturated rings. The molecule has 2 aromatic rings. The van der Waals surface area contributed by atoms with Gasteiger partial charge in [0.15, 0.2) is 0 Å². The van der Waals surface area contributed by atoms with Crippen LogP contribution >= 0.6 is 0 Å². The molecule has 0 spiro atoms. The number of nitrogens with one attached hydrogen (secondary N) is 2. The van der Waals surface area contributed by atoms with Crippen molar-refractivity contribution in [2.24, 2.45) is 5.73 Å². The van der Waals surface area contributed by atoms with Crippen molar-refractivity contribution in [2.45, 2.75) is 44.2 Å². The van der Waals surface area contributed by atoms with Crippen molar-refractivity contribution in [3.05, 3.63) is 48.3 Å². The monoisotopic (exact) mass is 341 g/mol. The highest BCUT2D eigenvalue weighted by Gasteiger charge is 2.23. The molecule has 0 saturated heterocycles. The van der Waals surface area contributed by atoms with E-state index >= 15 is 0 Å². The van der Waals surface area contributed by atoms with Gasteiger partial charge in [-0.3, -0.25) is 9.48 Å². The van der Waals surface area contributed by atoms with Crippen LogP contribution < -0.4 is 16.4 Å². The first kappa shape index (κ1) is 17.0. The molecule has 1 aliphatic carbocycles. The van der Waals surface area contributed by atoms with Crippen LogP contribution in [0.25, 0.3) is 0 Å². The Hall–Kier alpha value is -2.83. The second-order valence-corrected chi connectivity index (χ2v) is 6.45. The SMILES string of the molecule is NC(=O)Cn1cc(NC(=O)NC2CCC(c3ccccc3)CC2)cn1. The number of carbonyl (C=O) groups is 2. The van der Waals surface area contributed by atoms with Crippen LogP contribution in [0.5, 0.6) is 0 Å². The van der Waals surface area contributed by atoms with E-state index in [1.54, 1.807) is 6.20 Å². The molecule has 1 aromatic carbocycles. The number of carbonyl (C=O) groups excluding carboxylic acids is 2. The highest BCUT2D eigenvalue weighted by Crippen LogP contribution is 2.32. The fraction of sp³-hybridized carbons (Fsp3) is 0.389. The number of urea groups is 1. The number of anilines is 1. The molecule has 1 aromatic heterocycles. The van der Waals surface area contributed by atoms with Crippen molar-refractivity contribution in [1.82, 2.24) is 15.1 Å². The first-order valence-corrected chi connectivity index (χ1v) is 8.53. The van der Waals surface area contributed by atoms with Crippen molar-refractivity contribution in [2.75, 3.05) is 5.32 Å². The standard InChI is InChI=1S/C18H23N5O2/c19-17(24)12-23-11-16(10-20-23)22-18(25)21-15-8-6-14(7-9-15)13-4-2-1-3-5-13/h1-5,10-11,14-15H,6-9,12H2,(H2,19,24)(H2,21,22,25). The molecule has 3 amide bonds. The van der Waals surface area contributed by atoms with Crippen LogP contribution in [0.1, 0.15) is 37.2 Å². The van der Waals surface area contributed by atoms with Gasteiger partial charge in [0.05, 0.1) is 11.9 Å². The van der Waals surface area contributed by atoms with Crippen LogP contribution in [0.3, 0.4) is 0 Å². The molecule has 1 saturated carbocycles. The third kappa shape index (κ3) is 4.82. The van der Waals surface area contributed by atoms with Crippen LogP contribution in [-0.4, -0.2) is 27.8 Å². The lowest BCUT2D eigenvalue weighted by molar-refractivity contribution is -0.118. The van der Waals surface area contributed by atoms with Gasteiger partial charge in [-0.1, -0.05) is 30.3 Å². The molecule has 0 unspecified atom stereocenters. The maximum absolute atomic E-state index is 12.1. The quantitative estimate of drug-likeness (QED) is 0.777. The number of aromatic nitrogens is 2. The van der Waals surface area contributed by atoms with Crippen molar-refractivity contribution in [1.29, 1.82) is 0 Å². The third-order valence-electron chi connectivity index (χ3n) is 4.54. The Morgan fingerprint density at radius 1 is 1.16 bits per heavy atom. The van der Waals surface area contributed by atoms with Crippen LogP contribution in [0.2, 0.25) is 0 Å². The molecule has 0 aliphatic heterocycles.